The van der Waals surface area contributed by atoms with E-state index >= 15 is 0 Å². The first-order valence-electron chi connectivity index (χ1n) is 5.90. The molecule has 0 radical (unpaired) electrons. The SMILES string of the molecule is CCCc1cc(CCNCCO)ccc1O. The topological polar surface area (TPSA) is 52.5 Å². The summed E-state index contributed by atoms with van der Waals surface area (Å²) in [6.45, 7) is 3.78. The van der Waals surface area contributed by atoms with Crippen molar-refractivity contribution in [2.45, 2.75) is 26.2 Å². The van der Waals surface area contributed by atoms with E-state index in [9.17, 15) is 5.11 Å². The second-order valence-electron chi connectivity index (χ2n) is 3.94. The van der Waals surface area contributed by atoms with Gasteiger partial charge in [-0.15, -0.1) is 0 Å². The molecule has 0 unspecified atom stereocenters. The number of hydrogen-bond acceptors (Lipinski definition) is 3. The molecule has 0 aromatic heterocycles. The lowest BCUT2D eigenvalue weighted by molar-refractivity contribution is 0.293. The lowest BCUT2D eigenvalue weighted by atomic mass is 10.0. The minimum absolute atomic E-state index is 0.177. The van der Waals surface area contributed by atoms with Crippen LogP contribution >= 0.6 is 0 Å². The highest BCUT2D eigenvalue weighted by Gasteiger charge is 2.01. The molecular formula is C13H21NO2. The van der Waals surface area contributed by atoms with Gasteiger partial charge in [-0.2, -0.15) is 0 Å². The van der Waals surface area contributed by atoms with Crippen molar-refractivity contribution in [3.8, 4) is 5.75 Å². The Balaban J connectivity index is 2.50. The summed E-state index contributed by atoms with van der Waals surface area (Å²) in [6, 6.07) is 5.79. The van der Waals surface area contributed by atoms with E-state index in [1.165, 1.54) is 5.56 Å². The molecule has 0 aliphatic rings. The molecule has 0 saturated heterocycles. The van der Waals surface area contributed by atoms with Gasteiger partial charge in [0, 0.05) is 6.54 Å². The zero-order valence-corrected chi connectivity index (χ0v) is 9.87. The summed E-state index contributed by atoms with van der Waals surface area (Å²) < 4.78 is 0. The highest BCUT2D eigenvalue weighted by Crippen LogP contribution is 2.20. The van der Waals surface area contributed by atoms with Crippen LogP contribution in [-0.2, 0) is 12.8 Å². The van der Waals surface area contributed by atoms with E-state index in [-0.39, 0.29) is 6.61 Å². The van der Waals surface area contributed by atoms with E-state index in [0.717, 1.165) is 31.4 Å². The molecule has 0 saturated carbocycles. The molecule has 3 nitrogen and oxygen atoms in total. The average molecular weight is 223 g/mol. The predicted octanol–water partition coefficient (Wildman–Crippen LogP) is 1.47. The third-order valence-electron chi connectivity index (χ3n) is 2.54. The number of benzene rings is 1. The lowest BCUT2D eigenvalue weighted by Crippen LogP contribution is -2.20. The number of aliphatic hydroxyl groups excluding tert-OH is 1. The van der Waals surface area contributed by atoms with Crippen molar-refractivity contribution < 1.29 is 10.2 Å². The third kappa shape index (κ3) is 4.21. The first-order chi connectivity index (χ1) is 7.77. The minimum Gasteiger partial charge on any atom is -0.508 e. The van der Waals surface area contributed by atoms with Gasteiger partial charge in [0.15, 0.2) is 0 Å². The van der Waals surface area contributed by atoms with Crippen LogP contribution in [0.15, 0.2) is 18.2 Å². The van der Waals surface area contributed by atoms with E-state index in [1.807, 2.05) is 6.07 Å². The van der Waals surface area contributed by atoms with Crippen molar-refractivity contribution in [1.29, 1.82) is 0 Å². The molecule has 3 N–H and O–H groups in total. The van der Waals surface area contributed by atoms with Crippen LogP contribution in [0.25, 0.3) is 0 Å². The van der Waals surface area contributed by atoms with Crippen LogP contribution < -0.4 is 5.32 Å². The van der Waals surface area contributed by atoms with Gasteiger partial charge in [0.05, 0.1) is 6.61 Å². The average Bonchev–Trinajstić information content (AvgIpc) is 2.29. The Bertz CT molecular complexity index is 313. The van der Waals surface area contributed by atoms with Crippen LogP contribution in [0.1, 0.15) is 24.5 Å². The Morgan fingerprint density at radius 1 is 1.19 bits per heavy atom. The molecule has 0 atom stereocenters. The van der Waals surface area contributed by atoms with Crippen LogP contribution in [0.4, 0.5) is 0 Å². The molecular weight excluding hydrogens is 202 g/mol. The number of aromatic hydroxyl groups is 1. The molecule has 0 amide bonds. The van der Waals surface area contributed by atoms with Crippen molar-refractivity contribution in [3.63, 3.8) is 0 Å². The van der Waals surface area contributed by atoms with E-state index < -0.39 is 0 Å². The minimum atomic E-state index is 0.177. The van der Waals surface area contributed by atoms with Gasteiger partial charge in [0.1, 0.15) is 5.75 Å². The van der Waals surface area contributed by atoms with Crippen LogP contribution in [0.5, 0.6) is 5.75 Å². The van der Waals surface area contributed by atoms with Crippen LogP contribution in [-0.4, -0.2) is 29.9 Å². The maximum atomic E-state index is 9.63. The Labute approximate surface area is 97.1 Å². The number of hydrogen-bond donors (Lipinski definition) is 3. The Kier molecular flexibility index (Phi) is 5.90. The quantitative estimate of drug-likeness (QED) is 0.614. The van der Waals surface area contributed by atoms with E-state index in [4.69, 9.17) is 5.11 Å². The fourth-order valence-corrected chi connectivity index (χ4v) is 1.70. The first-order valence-corrected chi connectivity index (χ1v) is 5.90. The van der Waals surface area contributed by atoms with Crippen molar-refractivity contribution in [1.82, 2.24) is 5.32 Å². The monoisotopic (exact) mass is 223 g/mol. The van der Waals surface area contributed by atoms with E-state index in [2.05, 4.69) is 18.3 Å². The number of nitrogens with one attached hydrogen (secondary N) is 1. The smallest absolute Gasteiger partial charge is 0.118 e. The van der Waals surface area contributed by atoms with Crippen molar-refractivity contribution >= 4 is 0 Å². The molecule has 0 fully saturated rings. The van der Waals surface area contributed by atoms with Crippen molar-refractivity contribution in [2.75, 3.05) is 19.7 Å². The van der Waals surface area contributed by atoms with Gasteiger partial charge in [0.25, 0.3) is 0 Å². The molecule has 0 heterocycles. The molecule has 1 aromatic carbocycles. The molecule has 1 rings (SSSR count). The summed E-state index contributed by atoms with van der Waals surface area (Å²) >= 11 is 0. The van der Waals surface area contributed by atoms with Gasteiger partial charge in [0.2, 0.25) is 0 Å². The summed E-state index contributed by atoms with van der Waals surface area (Å²) in [7, 11) is 0. The van der Waals surface area contributed by atoms with Gasteiger partial charge in [-0.25, -0.2) is 0 Å². The molecule has 90 valence electrons. The molecule has 16 heavy (non-hydrogen) atoms. The van der Waals surface area contributed by atoms with E-state index in [1.54, 1.807) is 6.07 Å². The van der Waals surface area contributed by atoms with Gasteiger partial charge >= 0.3 is 0 Å². The predicted molar refractivity (Wildman–Crippen MR) is 65.8 cm³/mol. The van der Waals surface area contributed by atoms with E-state index in [0.29, 0.717) is 12.3 Å². The number of rotatable bonds is 7. The van der Waals surface area contributed by atoms with Gasteiger partial charge in [-0.1, -0.05) is 25.5 Å². The molecule has 0 aliphatic carbocycles. The van der Waals surface area contributed by atoms with Crippen LogP contribution in [0.3, 0.4) is 0 Å². The molecule has 0 bridgehead atoms. The van der Waals surface area contributed by atoms with Gasteiger partial charge in [-0.05, 0) is 36.6 Å². The number of aryl methyl sites for hydroxylation is 1. The largest absolute Gasteiger partial charge is 0.508 e. The maximum absolute atomic E-state index is 9.63. The second-order valence-corrected chi connectivity index (χ2v) is 3.94. The Morgan fingerprint density at radius 3 is 2.69 bits per heavy atom. The Hall–Kier alpha value is -1.06. The van der Waals surface area contributed by atoms with Crippen LogP contribution in [0, 0.1) is 0 Å². The second kappa shape index (κ2) is 7.25. The number of phenols is 1. The van der Waals surface area contributed by atoms with Crippen molar-refractivity contribution in [3.05, 3.63) is 29.3 Å². The van der Waals surface area contributed by atoms with Gasteiger partial charge in [-0.3, -0.25) is 0 Å². The van der Waals surface area contributed by atoms with Crippen molar-refractivity contribution in [2.24, 2.45) is 0 Å². The number of phenolic OH excluding ortho intramolecular Hbond substituents is 1. The lowest BCUT2D eigenvalue weighted by Gasteiger charge is -2.07. The molecule has 0 aliphatic heterocycles. The summed E-state index contributed by atoms with van der Waals surface area (Å²) in [5.74, 6) is 0.397. The molecule has 3 heteroatoms. The zero-order valence-electron chi connectivity index (χ0n) is 9.87. The Morgan fingerprint density at radius 2 is 2.00 bits per heavy atom. The van der Waals surface area contributed by atoms with Crippen LogP contribution in [0.2, 0.25) is 0 Å². The highest BCUT2D eigenvalue weighted by molar-refractivity contribution is 5.36. The zero-order chi connectivity index (χ0) is 11.8. The molecule has 0 spiro atoms. The summed E-state index contributed by atoms with van der Waals surface area (Å²) in [4.78, 5) is 0. The summed E-state index contributed by atoms with van der Waals surface area (Å²) in [5, 5.41) is 21.4. The summed E-state index contributed by atoms with van der Waals surface area (Å²) in [6.07, 6.45) is 2.89. The fraction of sp³-hybridized carbons (Fsp3) is 0.538. The summed E-state index contributed by atoms with van der Waals surface area (Å²) in [5.41, 5.74) is 2.26. The maximum Gasteiger partial charge on any atom is 0.118 e. The normalized spacial score (nSPS) is 10.6. The highest BCUT2D eigenvalue weighted by atomic mass is 16.3. The molecule has 1 aromatic rings. The van der Waals surface area contributed by atoms with Gasteiger partial charge < -0.3 is 15.5 Å². The first kappa shape index (κ1) is 13.0. The third-order valence-corrected chi connectivity index (χ3v) is 2.54. The fourth-order valence-electron chi connectivity index (χ4n) is 1.70. The number of aliphatic hydroxyl groups is 1. The standard InChI is InChI=1S/C13H21NO2/c1-2-3-12-10-11(4-5-13(12)16)6-7-14-8-9-15/h4-5,10,14-16H,2-3,6-9H2,1H3.